The summed E-state index contributed by atoms with van der Waals surface area (Å²) in [6.07, 6.45) is 2.43. The third-order valence-corrected chi connectivity index (χ3v) is 3.02. The highest BCUT2D eigenvalue weighted by Gasteiger charge is 2.18. The van der Waals surface area contributed by atoms with Crippen molar-refractivity contribution in [2.75, 3.05) is 23.5 Å². The summed E-state index contributed by atoms with van der Waals surface area (Å²) < 4.78 is 5.73. The largest absolute Gasteiger partial charge is 0.491 e. The molecule has 1 aromatic heterocycles. The number of fused-ring (bicyclic) bond motifs is 1. The Morgan fingerprint density at radius 3 is 3.05 bits per heavy atom. The van der Waals surface area contributed by atoms with Gasteiger partial charge in [0.25, 0.3) is 0 Å². The predicted octanol–water partition coefficient (Wildman–Crippen LogP) is 1.68. The van der Waals surface area contributed by atoms with Gasteiger partial charge >= 0.3 is 0 Å². The molecule has 1 aliphatic rings. The Labute approximate surface area is 111 Å². The van der Waals surface area contributed by atoms with Crippen molar-refractivity contribution in [1.29, 1.82) is 0 Å². The van der Waals surface area contributed by atoms with Gasteiger partial charge in [0.15, 0.2) is 0 Å². The number of hydrazine groups is 1. The van der Waals surface area contributed by atoms with Crippen molar-refractivity contribution in [2.24, 2.45) is 5.84 Å². The summed E-state index contributed by atoms with van der Waals surface area (Å²) in [6, 6.07) is 9.77. The van der Waals surface area contributed by atoms with Crippen molar-refractivity contribution in [3.05, 3.63) is 36.7 Å². The van der Waals surface area contributed by atoms with Gasteiger partial charge in [-0.1, -0.05) is 12.1 Å². The third kappa shape index (κ3) is 2.30. The standard InChI is InChI=1S/C13H15N5O/c14-17-12-8-13(16-9-15-12)18-6-3-7-19-11-5-2-1-4-10(11)18/h1-2,4-5,8-9H,3,6-7,14H2,(H,15,16,17). The first-order chi connectivity index (χ1) is 9.38. The number of hydrogen-bond acceptors (Lipinski definition) is 6. The number of nitrogens with one attached hydrogen (secondary N) is 1. The van der Waals surface area contributed by atoms with E-state index in [2.05, 4.69) is 20.3 Å². The zero-order valence-electron chi connectivity index (χ0n) is 10.4. The van der Waals surface area contributed by atoms with Crippen LogP contribution in [0.3, 0.4) is 0 Å². The van der Waals surface area contributed by atoms with E-state index in [4.69, 9.17) is 10.6 Å². The molecule has 0 saturated heterocycles. The fourth-order valence-electron chi connectivity index (χ4n) is 2.14. The SMILES string of the molecule is NNc1cc(N2CCCOc3ccccc32)ncn1. The summed E-state index contributed by atoms with van der Waals surface area (Å²) in [7, 11) is 0. The van der Waals surface area contributed by atoms with Crippen molar-refractivity contribution < 1.29 is 4.74 Å². The number of hydrogen-bond donors (Lipinski definition) is 2. The molecule has 0 aliphatic carbocycles. The van der Waals surface area contributed by atoms with Gasteiger partial charge in [-0.3, -0.25) is 0 Å². The molecule has 6 heteroatoms. The van der Waals surface area contributed by atoms with Crippen LogP contribution in [0.2, 0.25) is 0 Å². The van der Waals surface area contributed by atoms with E-state index in [9.17, 15) is 0 Å². The van der Waals surface area contributed by atoms with Crippen LogP contribution in [0.25, 0.3) is 0 Å². The van der Waals surface area contributed by atoms with Crippen LogP contribution >= 0.6 is 0 Å². The third-order valence-electron chi connectivity index (χ3n) is 3.02. The van der Waals surface area contributed by atoms with Crippen LogP contribution < -0.4 is 20.9 Å². The van der Waals surface area contributed by atoms with Crippen LogP contribution in [0.5, 0.6) is 5.75 Å². The molecule has 0 saturated carbocycles. The van der Waals surface area contributed by atoms with Gasteiger partial charge < -0.3 is 15.1 Å². The van der Waals surface area contributed by atoms with E-state index in [1.807, 2.05) is 30.3 Å². The maximum atomic E-state index is 5.73. The zero-order chi connectivity index (χ0) is 13.1. The Morgan fingerprint density at radius 1 is 1.26 bits per heavy atom. The molecular formula is C13H15N5O. The van der Waals surface area contributed by atoms with Crippen LogP contribution in [0, 0.1) is 0 Å². The van der Waals surface area contributed by atoms with Gasteiger partial charge in [0.2, 0.25) is 0 Å². The summed E-state index contributed by atoms with van der Waals surface area (Å²) in [6.45, 7) is 1.55. The van der Waals surface area contributed by atoms with E-state index in [0.717, 1.165) is 30.2 Å². The van der Waals surface area contributed by atoms with Crippen molar-refractivity contribution in [2.45, 2.75) is 6.42 Å². The van der Waals surface area contributed by atoms with Crippen LogP contribution in [0.4, 0.5) is 17.3 Å². The van der Waals surface area contributed by atoms with Crippen molar-refractivity contribution in [1.82, 2.24) is 9.97 Å². The lowest BCUT2D eigenvalue weighted by molar-refractivity contribution is 0.322. The van der Waals surface area contributed by atoms with E-state index >= 15 is 0 Å². The maximum Gasteiger partial charge on any atom is 0.145 e. The Balaban J connectivity index is 2.03. The number of nitrogens with two attached hydrogens (primary N) is 1. The molecule has 0 amide bonds. The van der Waals surface area contributed by atoms with E-state index in [1.54, 1.807) is 0 Å². The molecule has 0 radical (unpaired) electrons. The first-order valence-corrected chi connectivity index (χ1v) is 6.16. The van der Waals surface area contributed by atoms with E-state index < -0.39 is 0 Å². The van der Waals surface area contributed by atoms with Gasteiger partial charge in [0, 0.05) is 12.6 Å². The predicted molar refractivity (Wildman–Crippen MR) is 73.4 cm³/mol. The number of aromatic nitrogens is 2. The summed E-state index contributed by atoms with van der Waals surface area (Å²) in [5.41, 5.74) is 3.55. The van der Waals surface area contributed by atoms with Crippen molar-refractivity contribution >= 4 is 17.3 Å². The number of benzene rings is 1. The summed E-state index contributed by atoms with van der Waals surface area (Å²) in [5.74, 6) is 7.66. The fourth-order valence-corrected chi connectivity index (χ4v) is 2.14. The molecule has 2 aromatic rings. The molecule has 2 heterocycles. The van der Waals surface area contributed by atoms with Gasteiger partial charge in [0.05, 0.1) is 12.3 Å². The van der Waals surface area contributed by atoms with Crippen LogP contribution in [0.15, 0.2) is 36.7 Å². The minimum absolute atomic E-state index is 0.590. The molecular weight excluding hydrogens is 242 g/mol. The molecule has 0 fully saturated rings. The van der Waals surface area contributed by atoms with Crippen LogP contribution in [0.1, 0.15) is 6.42 Å². The molecule has 0 atom stereocenters. The summed E-state index contributed by atoms with van der Waals surface area (Å²) in [4.78, 5) is 10.5. The molecule has 1 aliphatic heterocycles. The molecule has 3 rings (SSSR count). The average Bonchev–Trinajstić information content (AvgIpc) is 2.69. The Morgan fingerprint density at radius 2 is 2.16 bits per heavy atom. The number of nitrogens with zero attached hydrogens (tertiary/aromatic N) is 3. The van der Waals surface area contributed by atoms with Crippen LogP contribution in [-0.4, -0.2) is 23.1 Å². The van der Waals surface area contributed by atoms with Gasteiger partial charge in [-0.2, -0.15) is 0 Å². The van der Waals surface area contributed by atoms with E-state index in [-0.39, 0.29) is 0 Å². The Kier molecular flexibility index (Phi) is 3.16. The summed E-state index contributed by atoms with van der Waals surface area (Å²) in [5, 5.41) is 0. The van der Waals surface area contributed by atoms with Crippen molar-refractivity contribution in [3.63, 3.8) is 0 Å². The van der Waals surface area contributed by atoms with Gasteiger partial charge in [-0.05, 0) is 18.6 Å². The highest BCUT2D eigenvalue weighted by molar-refractivity contribution is 5.68. The lowest BCUT2D eigenvalue weighted by Gasteiger charge is -2.22. The van der Waals surface area contributed by atoms with Gasteiger partial charge in [-0.15, -0.1) is 0 Å². The number of ether oxygens (including phenoxy) is 1. The van der Waals surface area contributed by atoms with E-state index in [0.29, 0.717) is 12.4 Å². The number of nitrogen functional groups attached to an aromatic ring is 1. The molecule has 6 nitrogen and oxygen atoms in total. The second kappa shape index (κ2) is 5.11. The fraction of sp³-hybridized carbons (Fsp3) is 0.231. The number of para-hydroxylation sites is 2. The number of anilines is 3. The van der Waals surface area contributed by atoms with Crippen molar-refractivity contribution in [3.8, 4) is 5.75 Å². The average molecular weight is 257 g/mol. The Hall–Kier alpha value is -2.34. The summed E-state index contributed by atoms with van der Waals surface area (Å²) >= 11 is 0. The Bertz CT molecular complexity index is 574. The monoisotopic (exact) mass is 257 g/mol. The first kappa shape index (κ1) is 11.7. The maximum absolute atomic E-state index is 5.73. The second-order valence-electron chi connectivity index (χ2n) is 4.23. The molecule has 0 bridgehead atoms. The normalized spacial score (nSPS) is 14.3. The minimum atomic E-state index is 0.590. The molecule has 19 heavy (non-hydrogen) atoms. The minimum Gasteiger partial charge on any atom is -0.491 e. The quantitative estimate of drug-likeness (QED) is 0.629. The van der Waals surface area contributed by atoms with Crippen LogP contribution in [-0.2, 0) is 0 Å². The topological polar surface area (TPSA) is 76.3 Å². The molecule has 0 spiro atoms. The zero-order valence-corrected chi connectivity index (χ0v) is 10.4. The lowest BCUT2D eigenvalue weighted by atomic mass is 10.2. The highest BCUT2D eigenvalue weighted by Crippen LogP contribution is 2.35. The van der Waals surface area contributed by atoms with Gasteiger partial charge in [0.1, 0.15) is 23.7 Å². The highest BCUT2D eigenvalue weighted by atomic mass is 16.5. The smallest absolute Gasteiger partial charge is 0.145 e. The lowest BCUT2D eigenvalue weighted by Crippen LogP contribution is -2.19. The number of rotatable bonds is 2. The molecule has 1 aromatic carbocycles. The molecule has 0 unspecified atom stereocenters. The van der Waals surface area contributed by atoms with Gasteiger partial charge in [-0.25, -0.2) is 15.8 Å². The molecule has 98 valence electrons. The van der Waals surface area contributed by atoms with E-state index in [1.165, 1.54) is 6.33 Å². The molecule has 3 N–H and O–H groups in total. The first-order valence-electron chi connectivity index (χ1n) is 6.16. The second-order valence-corrected chi connectivity index (χ2v) is 4.23.